The third kappa shape index (κ3) is 3.04. The van der Waals surface area contributed by atoms with Crippen molar-refractivity contribution in [3.63, 3.8) is 0 Å². The lowest BCUT2D eigenvalue weighted by Crippen LogP contribution is -2.22. The van der Waals surface area contributed by atoms with Gasteiger partial charge < -0.3 is 11.1 Å². The molecule has 1 unspecified atom stereocenters. The lowest BCUT2D eigenvalue weighted by molar-refractivity contribution is -0.119. The molecule has 1 atom stereocenters. The quantitative estimate of drug-likeness (QED) is 0.775. The van der Waals surface area contributed by atoms with Crippen LogP contribution in [0.25, 0.3) is 0 Å². The zero-order chi connectivity index (χ0) is 10.6. The van der Waals surface area contributed by atoms with E-state index in [1.54, 1.807) is 6.92 Å². The SMILES string of the molecule is Cc1nsc(NC(=O)C(C)CCN)n1. The maximum absolute atomic E-state index is 11.5. The molecular weight excluding hydrogens is 200 g/mol. The fourth-order valence-corrected chi connectivity index (χ4v) is 1.54. The second kappa shape index (κ2) is 5.02. The van der Waals surface area contributed by atoms with Crippen molar-refractivity contribution in [1.82, 2.24) is 9.36 Å². The van der Waals surface area contributed by atoms with Crippen LogP contribution in [0.1, 0.15) is 19.2 Å². The minimum absolute atomic E-state index is 0.0494. The van der Waals surface area contributed by atoms with Gasteiger partial charge in [0.25, 0.3) is 0 Å². The van der Waals surface area contributed by atoms with Crippen LogP contribution in [-0.4, -0.2) is 21.8 Å². The molecule has 0 radical (unpaired) electrons. The summed E-state index contributed by atoms with van der Waals surface area (Å²) in [7, 11) is 0. The van der Waals surface area contributed by atoms with E-state index in [-0.39, 0.29) is 11.8 Å². The van der Waals surface area contributed by atoms with E-state index in [0.717, 1.165) is 0 Å². The smallest absolute Gasteiger partial charge is 0.229 e. The average Bonchev–Trinajstić information content (AvgIpc) is 2.51. The molecule has 3 N–H and O–H groups in total. The van der Waals surface area contributed by atoms with Crippen LogP contribution in [-0.2, 0) is 4.79 Å². The van der Waals surface area contributed by atoms with Crippen LogP contribution < -0.4 is 11.1 Å². The van der Waals surface area contributed by atoms with E-state index in [2.05, 4.69) is 14.7 Å². The normalized spacial score (nSPS) is 12.5. The molecule has 1 aromatic rings. The molecule has 0 fully saturated rings. The number of nitrogens with zero attached hydrogens (tertiary/aromatic N) is 2. The molecular formula is C8H14N4OS. The summed E-state index contributed by atoms with van der Waals surface area (Å²) in [5, 5.41) is 3.25. The first-order valence-electron chi connectivity index (χ1n) is 4.44. The third-order valence-corrected chi connectivity index (χ3v) is 2.53. The zero-order valence-electron chi connectivity index (χ0n) is 8.28. The summed E-state index contributed by atoms with van der Waals surface area (Å²) in [5.74, 6) is 0.549. The number of carbonyl (C=O) groups excluding carboxylic acids is 1. The Morgan fingerprint density at radius 3 is 2.93 bits per heavy atom. The summed E-state index contributed by atoms with van der Waals surface area (Å²) >= 11 is 1.19. The highest BCUT2D eigenvalue weighted by Gasteiger charge is 2.13. The Balaban J connectivity index is 2.48. The van der Waals surface area contributed by atoms with Gasteiger partial charge in [0.2, 0.25) is 11.0 Å². The van der Waals surface area contributed by atoms with Crippen molar-refractivity contribution in [2.45, 2.75) is 20.3 Å². The molecule has 5 nitrogen and oxygen atoms in total. The molecule has 1 amide bonds. The highest BCUT2D eigenvalue weighted by Crippen LogP contribution is 2.12. The first-order valence-corrected chi connectivity index (χ1v) is 5.22. The number of nitrogens with one attached hydrogen (secondary N) is 1. The summed E-state index contributed by atoms with van der Waals surface area (Å²) in [6, 6.07) is 0. The molecule has 0 spiro atoms. The molecule has 1 aromatic heterocycles. The second-order valence-corrected chi connectivity index (χ2v) is 3.87. The lowest BCUT2D eigenvalue weighted by atomic mass is 10.1. The van der Waals surface area contributed by atoms with Crippen LogP contribution in [0.15, 0.2) is 0 Å². The van der Waals surface area contributed by atoms with E-state index in [0.29, 0.717) is 23.9 Å². The molecule has 14 heavy (non-hydrogen) atoms. The van der Waals surface area contributed by atoms with Gasteiger partial charge in [0.05, 0.1) is 0 Å². The summed E-state index contributed by atoms with van der Waals surface area (Å²) in [6.45, 7) is 4.15. The Bertz CT molecular complexity index is 312. The van der Waals surface area contributed by atoms with Crippen molar-refractivity contribution in [1.29, 1.82) is 0 Å². The van der Waals surface area contributed by atoms with E-state index in [9.17, 15) is 4.79 Å². The molecule has 0 saturated heterocycles. The van der Waals surface area contributed by atoms with Gasteiger partial charge in [-0.1, -0.05) is 6.92 Å². The van der Waals surface area contributed by atoms with Gasteiger partial charge in [-0.25, -0.2) is 4.98 Å². The van der Waals surface area contributed by atoms with Gasteiger partial charge in [0.1, 0.15) is 5.82 Å². The highest BCUT2D eigenvalue weighted by molar-refractivity contribution is 7.09. The Morgan fingerprint density at radius 1 is 1.71 bits per heavy atom. The first-order chi connectivity index (χ1) is 6.63. The molecule has 1 rings (SSSR count). The predicted molar refractivity (Wildman–Crippen MR) is 56.1 cm³/mol. The molecule has 0 bridgehead atoms. The minimum Gasteiger partial charge on any atom is -0.330 e. The van der Waals surface area contributed by atoms with Crippen LogP contribution in [0.5, 0.6) is 0 Å². The standard InChI is InChI=1S/C8H14N4OS/c1-5(3-4-9)7(13)11-8-10-6(2)12-14-8/h5H,3-4,9H2,1-2H3,(H,10,11,12,13). The van der Waals surface area contributed by atoms with Gasteiger partial charge in [-0.05, 0) is 19.9 Å². The summed E-state index contributed by atoms with van der Waals surface area (Å²) in [4.78, 5) is 15.5. The number of hydrogen-bond donors (Lipinski definition) is 2. The number of amides is 1. The first kappa shape index (κ1) is 11.1. The van der Waals surface area contributed by atoms with Crippen LogP contribution >= 0.6 is 11.5 Å². The van der Waals surface area contributed by atoms with Gasteiger partial charge in [-0.15, -0.1) is 0 Å². The number of nitrogens with two attached hydrogens (primary N) is 1. The molecule has 0 aliphatic carbocycles. The van der Waals surface area contributed by atoms with E-state index in [4.69, 9.17) is 5.73 Å². The molecule has 0 aliphatic heterocycles. The van der Waals surface area contributed by atoms with E-state index < -0.39 is 0 Å². The lowest BCUT2D eigenvalue weighted by Gasteiger charge is -2.07. The maximum Gasteiger partial charge on any atom is 0.229 e. The molecule has 78 valence electrons. The topological polar surface area (TPSA) is 80.9 Å². The third-order valence-electron chi connectivity index (χ3n) is 1.80. The molecule has 0 aliphatic rings. The Kier molecular flexibility index (Phi) is 3.97. The second-order valence-electron chi connectivity index (χ2n) is 3.11. The van der Waals surface area contributed by atoms with Crippen LogP contribution in [0.2, 0.25) is 0 Å². The Labute approximate surface area is 86.9 Å². The summed E-state index contributed by atoms with van der Waals surface area (Å²) < 4.78 is 3.97. The van der Waals surface area contributed by atoms with Crippen molar-refractivity contribution >= 4 is 22.6 Å². The fraction of sp³-hybridized carbons (Fsp3) is 0.625. The monoisotopic (exact) mass is 214 g/mol. The van der Waals surface area contributed by atoms with Crippen LogP contribution in [0.4, 0.5) is 5.13 Å². The number of anilines is 1. The van der Waals surface area contributed by atoms with Gasteiger partial charge in [-0.3, -0.25) is 4.79 Å². The highest BCUT2D eigenvalue weighted by atomic mass is 32.1. The van der Waals surface area contributed by atoms with E-state index >= 15 is 0 Å². The number of aromatic nitrogens is 2. The van der Waals surface area contributed by atoms with Gasteiger partial charge in [-0.2, -0.15) is 4.37 Å². The maximum atomic E-state index is 11.5. The number of rotatable bonds is 4. The van der Waals surface area contributed by atoms with Crippen molar-refractivity contribution in [3.05, 3.63) is 5.82 Å². The summed E-state index contributed by atoms with van der Waals surface area (Å²) in [5.41, 5.74) is 5.36. The van der Waals surface area contributed by atoms with Crippen molar-refractivity contribution in [2.24, 2.45) is 11.7 Å². The van der Waals surface area contributed by atoms with Gasteiger partial charge in [0.15, 0.2) is 0 Å². The van der Waals surface area contributed by atoms with E-state index in [1.165, 1.54) is 11.5 Å². The largest absolute Gasteiger partial charge is 0.330 e. The zero-order valence-corrected chi connectivity index (χ0v) is 9.10. The number of aryl methyl sites for hydroxylation is 1. The summed E-state index contributed by atoms with van der Waals surface area (Å²) in [6.07, 6.45) is 0.684. The molecule has 6 heteroatoms. The number of carbonyl (C=O) groups is 1. The molecule has 0 aromatic carbocycles. The van der Waals surface area contributed by atoms with Crippen molar-refractivity contribution in [2.75, 3.05) is 11.9 Å². The van der Waals surface area contributed by atoms with Crippen LogP contribution in [0.3, 0.4) is 0 Å². The Morgan fingerprint density at radius 2 is 2.43 bits per heavy atom. The van der Waals surface area contributed by atoms with Crippen LogP contribution in [0, 0.1) is 12.8 Å². The predicted octanol–water partition coefficient (Wildman–Crippen LogP) is 0.770. The molecule has 0 saturated carbocycles. The van der Waals surface area contributed by atoms with Crippen molar-refractivity contribution in [3.8, 4) is 0 Å². The average molecular weight is 214 g/mol. The minimum atomic E-state index is -0.0794. The Hall–Kier alpha value is -1.01. The molecule has 1 heterocycles. The van der Waals surface area contributed by atoms with Gasteiger partial charge >= 0.3 is 0 Å². The van der Waals surface area contributed by atoms with Crippen molar-refractivity contribution < 1.29 is 4.79 Å². The van der Waals surface area contributed by atoms with E-state index in [1.807, 2.05) is 6.92 Å². The number of hydrogen-bond acceptors (Lipinski definition) is 5. The fourth-order valence-electron chi connectivity index (χ4n) is 0.958. The van der Waals surface area contributed by atoms with Gasteiger partial charge in [0, 0.05) is 17.5 Å².